The summed E-state index contributed by atoms with van der Waals surface area (Å²) in [6, 6.07) is 7.30. The van der Waals surface area contributed by atoms with Crippen LogP contribution in [0.4, 0.5) is 0 Å². The highest BCUT2D eigenvalue weighted by Gasteiger charge is 2.15. The van der Waals surface area contributed by atoms with E-state index in [2.05, 4.69) is 10.3 Å². The van der Waals surface area contributed by atoms with Crippen molar-refractivity contribution in [3.8, 4) is 5.69 Å². The number of nitrogens with zero attached hydrogens (tertiary/aromatic N) is 3. The minimum Gasteiger partial charge on any atom is -0.293 e. The Hall–Kier alpha value is -1.68. The van der Waals surface area contributed by atoms with Crippen molar-refractivity contribution in [2.24, 2.45) is 0 Å². The molecule has 0 N–H and O–H groups in total. The SMILES string of the molecule is CCc1c(C(C)=O)nnn1-c1cccc(Cl)c1. The van der Waals surface area contributed by atoms with E-state index in [1.807, 2.05) is 19.1 Å². The molecule has 88 valence electrons. The first kappa shape index (κ1) is 11.8. The zero-order valence-corrected chi connectivity index (χ0v) is 10.4. The molecule has 0 fully saturated rings. The second-order valence-electron chi connectivity index (χ2n) is 3.69. The summed E-state index contributed by atoms with van der Waals surface area (Å²) in [6.07, 6.45) is 0.689. The lowest BCUT2D eigenvalue weighted by atomic mass is 10.2. The number of halogens is 1. The van der Waals surface area contributed by atoms with Gasteiger partial charge in [0.25, 0.3) is 0 Å². The average molecular weight is 250 g/mol. The molecule has 1 aromatic heterocycles. The summed E-state index contributed by atoms with van der Waals surface area (Å²) < 4.78 is 1.66. The summed E-state index contributed by atoms with van der Waals surface area (Å²) in [5.74, 6) is -0.0740. The first-order valence-corrected chi connectivity index (χ1v) is 5.72. The van der Waals surface area contributed by atoms with Gasteiger partial charge < -0.3 is 0 Å². The van der Waals surface area contributed by atoms with E-state index in [1.54, 1.807) is 16.8 Å². The molecule has 1 heterocycles. The van der Waals surface area contributed by atoms with Crippen LogP contribution >= 0.6 is 11.6 Å². The minimum absolute atomic E-state index is 0.0740. The molecule has 0 unspecified atom stereocenters. The van der Waals surface area contributed by atoms with Gasteiger partial charge in [-0.1, -0.05) is 29.8 Å². The third-order valence-electron chi connectivity index (χ3n) is 2.48. The fourth-order valence-corrected chi connectivity index (χ4v) is 1.89. The van der Waals surface area contributed by atoms with Gasteiger partial charge in [-0.25, -0.2) is 4.68 Å². The van der Waals surface area contributed by atoms with Crippen molar-refractivity contribution < 1.29 is 4.79 Å². The fourth-order valence-electron chi connectivity index (χ4n) is 1.71. The van der Waals surface area contributed by atoms with Crippen molar-refractivity contribution >= 4 is 17.4 Å². The van der Waals surface area contributed by atoms with E-state index in [0.29, 0.717) is 17.1 Å². The van der Waals surface area contributed by atoms with Crippen molar-refractivity contribution in [1.82, 2.24) is 15.0 Å². The van der Waals surface area contributed by atoms with Crippen LogP contribution < -0.4 is 0 Å². The van der Waals surface area contributed by atoms with Crippen molar-refractivity contribution in [2.75, 3.05) is 0 Å². The molecular formula is C12H12ClN3O. The molecular weight excluding hydrogens is 238 g/mol. The maximum Gasteiger partial charge on any atom is 0.181 e. The van der Waals surface area contributed by atoms with E-state index in [1.165, 1.54) is 6.92 Å². The van der Waals surface area contributed by atoms with Crippen LogP contribution in [0.15, 0.2) is 24.3 Å². The number of hydrogen-bond donors (Lipinski definition) is 0. The van der Waals surface area contributed by atoms with Gasteiger partial charge in [0, 0.05) is 11.9 Å². The lowest BCUT2D eigenvalue weighted by molar-refractivity contribution is 0.101. The van der Waals surface area contributed by atoms with E-state index < -0.39 is 0 Å². The van der Waals surface area contributed by atoms with Crippen LogP contribution in [0.25, 0.3) is 5.69 Å². The predicted molar refractivity (Wildman–Crippen MR) is 65.8 cm³/mol. The number of carbonyl (C=O) groups excluding carboxylic acids is 1. The van der Waals surface area contributed by atoms with Gasteiger partial charge in [-0.3, -0.25) is 4.79 Å². The third-order valence-corrected chi connectivity index (χ3v) is 2.72. The van der Waals surface area contributed by atoms with E-state index in [4.69, 9.17) is 11.6 Å². The van der Waals surface area contributed by atoms with Crippen LogP contribution in [0.5, 0.6) is 0 Å². The Morgan fingerprint density at radius 3 is 2.82 bits per heavy atom. The molecule has 0 radical (unpaired) electrons. The number of hydrogen-bond acceptors (Lipinski definition) is 3. The molecule has 5 heteroatoms. The molecule has 2 aromatic rings. The molecule has 2 rings (SSSR count). The van der Waals surface area contributed by atoms with Gasteiger partial charge in [-0.05, 0) is 24.6 Å². The van der Waals surface area contributed by atoms with E-state index >= 15 is 0 Å². The molecule has 0 aliphatic carbocycles. The normalized spacial score (nSPS) is 10.5. The maximum atomic E-state index is 11.4. The van der Waals surface area contributed by atoms with Crippen LogP contribution in [0, 0.1) is 0 Å². The van der Waals surface area contributed by atoms with Crippen molar-refractivity contribution in [1.29, 1.82) is 0 Å². The molecule has 0 aliphatic heterocycles. The molecule has 0 spiro atoms. The number of rotatable bonds is 3. The van der Waals surface area contributed by atoms with Gasteiger partial charge in [-0.15, -0.1) is 5.10 Å². The molecule has 0 atom stereocenters. The van der Waals surface area contributed by atoms with Crippen molar-refractivity contribution in [3.63, 3.8) is 0 Å². The van der Waals surface area contributed by atoms with Crippen LogP contribution in [0.3, 0.4) is 0 Å². The monoisotopic (exact) mass is 249 g/mol. The van der Waals surface area contributed by atoms with Crippen LogP contribution in [0.2, 0.25) is 5.02 Å². The second-order valence-corrected chi connectivity index (χ2v) is 4.12. The van der Waals surface area contributed by atoms with Gasteiger partial charge in [0.15, 0.2) is 11.5 Å². The molecule has 0 amide bonds. The van der Waals surface area contributed by atoms with Crippen molar-refractivity contribution in [3.05, 3.63) is 40.7 Å². The summed E-state index contributed by atoms with van der Waals surface area (Å²) >= 11 is 5.93. The summed E-state index contributed by atoms with van der Waals surface area (Å²) in [7, 11) is 0. The lowest BCUT2D eigenvalue weighted by Gasteiger charge is -2.05. The van der Waals surface area contributed by atoms with E-state index in [-0.39, 0.29) is 5.78 Å². The average Bonchev–Trinajstić information content (AvgIpc) is 2.72. The first-order chi connectivity index (χ1) is 8.13. The quantitative estimate of drug-likeness (QED) is 0.786. The summed E-state index contributed by atoms with van der Waals surface area (Å²) in [5.41, 5.74) is 2.04. The standard InChI is InChI=1S/C12H12ClN3O/c1-3-11-12(8(2)17)14-15-16(11)10-6-4-5-9(13)7-10/h4-7H,3H2,1-2H3. The topological polar surface area (TPSA) is 47.8 Å². The fraction of sp³-hybridized carbons (Fsp3) is 0.250. The zero-order valence-electron chi connectivity index (χ0n) is 9.64. The molecule has 1 aromatic carbocycles. The van der Waals surface area contributed by atoms with Crippen molar-refractivity contribution in [2.45, 2.75) is 20.3 Å². The Bertz CT molecular complexity index is 563. The molecule has 0 saturated heterocycles. The smallest absolute Gasteiger partial charge is 0.181 e. The summed E-state index contributed by atoms with van der Waals surface area (Å²) in [6.45, 7) is 3.46. The largest absolute Gasteiger partial charge is 0.293 e. The third kappa shape index (κ3) is 2.22. The maximum absolute atomic E-state index is 11.4. The van der Waals surface area contributed by atoms with Gasteiger partial charge in [-0.2, -0.15) is 0 Å². The van der Waals surface area contributed by atoms with Gasteiger partial charge in [0.05, 0.1) is 11.4 Å². The molecule has 0 aliphatic rings. The zero-order chi connectivity index (χ0) is 12.4. The van der Waals surface area contributed by atoms with E-state index in [9.17, 15) is 4.79 Å². The highest BCUT2D eigenvalue weighted by atomic mass is 35.5. The molecule has 0 bridgehead atoms. The first-order valence-electron chi connectivity index (χ1n) is 5.35. The lowest BCUT2D eigenvalue weighted by Crippen LogP contribution is -2.04. The number of aromatic nitrogens is 3. The Labute approximate surface area is 104 Å². The van der Waals surface area contributed by atoms with Crippen LogP contribution in [0.1, 0.15) is 30.0 Å². The number of Topliss-reactive ketones (excluding diaryl/α,β-unsaturated/α-hetero) is 1. The number of ketones is 1. The Kier molecular flexibility index (Phi) is 3.24. The predicted octanol–water partition coefficient (Wildman–Crippen LogP) is 2.69. The summed E-state index contributed by atoms with van der Waals surface area (Å²) in [5, 5.41) is 8.55. The Balaban J connectivity index is 2.56. The highest BCUT2D eigenvalue weighted by molar-refractivity contribution is 6.30. The van der Waals surface area contributed by atoms with Crippen LogP contribution in [-0.2, 0) is 6.42 Å². The number of benzene rings is 1. The number of carbonyl (C=O) groups is 1. The second kappa shape index (κ2) is 4.67. The van der Waals surface area contributed by atoms with Gasteiger partial charge in [0.2, 0.25) is 0 Å². The Morgan fingerprint density at radius 2 is 2.24 bits per heavy atom. The highest BCUT2D eigenvalue weighted by Crippen LogP contribution is 2.17. The van der Waals surface area contributed by atoms with E-state index in [0.717, 1.165) is 11.4 Å². The summed E-state index contributed by atoms with van der Waals surface area (Å²) in [4.78, 5) is 11.4. The minimum atomic E-state index is -0.0740. The van der Waals surface area contributed by atoms with Gasteiger partial charge >= 0.3 is 0 Å². The molecule has 17 heavy (non-hydrogen) atoms. The van der Waals surface area contributed by atoms with Crippen LogP contribution in [-0.4, -0.2) is 20.8 Å². The van der Waals surface area contributed by atoms with Gasteiger partial charge in [0.1, 0.15) is 0 Å². The molecule has 0 saturated carbocycles. The molecule has 4 nitrogen and oxygen atoms in total. The Morgan fingerprint density at radius 1 is 1.47 bits per heavy atom.